The summed E-state index contributed by atoms with van der Waals surface area (Å²) in [5, 5.41) is 14.2. The molecule has 0 saturated heterocycles. The molecule has 136 valence electrons. The molecule has 0 saturated carbocycles. The largest absolute Gasteiger partial charge is 0.493 e. The fraction of sp³-hybridized carbons (Fsp3) is 0.222. The number of amides is 2. The van der Waals surface area contributed by atoms with Crippen molar-refractivity contribution >= 4 is 23.1 Å². The minimum Gasteiger partial charge on any atom is -0.493 e. The standard InChI is InChI=1S/C18H20N4O3S/c1-24-16-4-3-14(11-17(16)25-2)20-18(23)19-7-9-22-8-5-15(21-22)13-6-10-26-12-13/h3-6,8,10-12H,7,9H2,1-2H3,(H2,19,20,23). The maximum Gasteiger partial charge on any atom is 0.319 e. The lowest BCUT2D eigenvalue weighted by atomic mass is 10.2. The van der Waals surface area contributed by atoms with Gasteiger partial charge in [0, 0.05) is 35.4 Å². The van der Waals surface area contributed by atoms with Crippen LogP contribution in [0.3, 0.4) is 0 Å². The van der Waals surface area contributed by atoms with Gasteiger partial charge in [0.25, 0.3) is 0 Å². The van der Waals surface area contributed by atoms with E-state index in [1.165, 1.54) is 0 Å². The van der Waals surface area contributed by atoms with Crippen molar-refractivity contribution in [3.05, 3.63) is 47.3 Å². The van der Waals surface area contributed by atoms with Crippen LogP contribution in [0.1, 0.15) is 0 Å². The molecule has 1 aromatic carbocycles. The number of carbonyl (C=O) groups is 1. The lowest BCUT2D eigenvalue weighted by Crippen LogP contribution is -2.31. The molecule has 0 fully saturated rings. The Balaban J connectivity index is 1.49. The molecular formula is C18H20N4O3S. The first-order valence-electron chi connectivity index (χ1n) is 8.02. The van der Waals surface area contributed by atoms with Crippen LogP contribution < -0.4 is 20.1 Å². The van der Waals surface area contributed by atoms with E-state index >= 15 is 0 Å². The summed E-state index contributed by atoms with van der Waals surface area (Å²) < 4.78 is 12.2. The van der Waals surface area contributed by atoms with E-state index < -0.39 is 0 Å². The van der Waals surface area contributed by atoms with Gasteiger partial charge in [-0.25, -0.2) is 4.79 Å². The molecule has 0 spiro atoms. The van der Waals surface area contributed by atoms with Gasteiger partial charge in [0.2, 0.25) is 0 Å². The van der Waals surface area contributed by atoms with Gasteiger partial charge in [-0.2, -0.15) is 16.4 Å². The first-order chi connectivity index (χ1) is 12.7. The summed E-state index contributed by atoms with van der Waals surface area (Å²) in [4.78, 5) is 12.0. The molecule has 26 heavy (non-hydrogen) atoms. The summed E-state index contributed by atoms with van der Waals surface area (Å²) in [5.41, 5.74) is 2.66. The Hall–Kier alpha value is -3.00. The molecule has 0 unspecified atom stereocenters. The number of urea groups is 1. The summed E-state index contributed by atoms with van der Waals surface area (Å²) in [5.74, 6) is 1.17. The number of rotatable bonds is 7. The molecule has 2 amide bonds. The minimum absolute atomic E-state index is 0.289. The zero-order valence-corrected chi connectivity index (χ0v) is 15.4. The van der Waals surface area contributed by atoms with Crippen LogP contribution in [0.25, 0.3) is 11.3 Å². The van der Waals surface area contributed by atoms with E-state index in [1.54, 1.807) is 43.8 Å². The van der Waals surface area contributed by atoms with Gasteiger partial charge in [-0.3, -0.25) is 4.68 Å². The van der Waals surface area contributed by atoms with Crippen LogP contribution in [0.2, 0.25) is 0 Å². The molecule has 2 N–H and O–H groups in total. The number of carbonyl (C=O) groups excluding carboxylic acids is 1. The minimum atomic E-state index is -0.289. The SMILES string of the molecule is COc1ccc(NC(=O)NCCn2ccc(-c3ccsc3)n2)cc1OC. The van der Waals surface area contributed by atoms with Crippen molar-refractivity contribution in [3.8, 4) is 22.8 Å². The molecule has 3 rings (SSSR count). The predicted octanol–water partition coefficient (Wildman–Crippen LogP) is 3.45. The van der Waals surface area contributed by atoms with Crippen LogP contribution in [0.4, 0.5) is 10.5 Å². The molecular weight excluding hydrogens is 352 g/mol. The third kappa shape index (κ3) is 4.34. The molecule has 0 atom stereocenters. The lowest BCUT2D eigenvalue weighted by Gasteiger charge is -2.11. The summed E-state index contributed by atoms with van der Waals surface area (Å²) >= 11 is 1.64. The Morgan fingerprint density at radius 1 is 1.19 bits per heavy atom. The number of nitrogens with one attached hydrogen (secondary N) is 2. The van der Waals surface area contributed by atoms with Crippen molar-refractivity contribution < 1.29 is 14.3 Å². The molecule has 2 aromatic heterocycles. The number of hydrogen-bond acceptors (Lipinski definition) is 5. The van der Waals surface area contributed by atoms with Gasteiger partial charge in [0.15, 0.2) is 11.5 Å². The van der Waals surface area contributed by atoms with Crippen molar-refractivity contribution in [3.63, 3.8) is 0 Å². The summed E-state index contributed by atoms with van der Waals surface area (Å²) in [7, 11) is 3.12. The highest BCUT2D eigenvalue weighted by atomic mass is 32.1. The molecule has 3 aromatic rings. The Labute approximate surface area is 155 Å². The zero-order chi connectivity index (χ0) is 18.4. The van der Waals surface area contributed by atoms with Crippen LogP contribution in [0.15, 0.2) is 47.3 Å². The van der Waals surface area contributed by atoms with E-state index in [9.17, 15) is 4.79 Å². The number of anilines is 1. The normalized spacial score (nSPS) is 10.4. The van der Waals surface area contributed by atoms with Crippen molar-refractivity contribution in [2.75, 3.05) is 26.1 Å². The first kappa shape index (κ1) is 17.8. The van der Waals surface area contributed by atoms with E-state index in [1.807, 2.05) is 28.4 Å². The smallest absolute Gasteiger partial charge is 0.319 e. The lowest BCUT2D eigenvalue weighted by molar-refractivity contribution is 0.251. The molecule has 0 radical (unpaired) electrons. The third-order valence-electron chi connectivity index (χ3n) is 3.73. The quantitative estimate of drug-likeness (QED) is 0.666. The highest BCUT2D eigenvalue weighted by Crippen LogP contribution is 2.29. The summed E-state index contributed by atoms with van der Waals surface area (Å²) in [6.45, 7) is 1.05. The summed E-state index contributed by atoms with van der Waals surface area (Å²) in [6.07, 6.45) is 1.90. The monoisotopic (exact) mass is 372 g/mol. The van der Waals surface area contributed by atoms with Crippen LogP contribution in [-0.4, -0.2) is 36.6 Å². The number of ether oxygens (including phenoxy) is 2. The van der Waals surface area contributed by atoms with E-state index in [0.717, 1.165) is 11.3 Å². The fourth-order valence-corrected chi connectivity index (χ4v) is 3.07. The average Bonchev–Trinajstić information content (AvgIpc) is 3.33. The Morgan fingerprint density at radius 3 is 2.77 bits per heavy atom. The third-order valence-corrected chi connectivity index (χ3v) is 4.41. The Kier molecular flexibility index (Phi) is 5.75. The maximum absolute atomic E-state index is 12.0. The van der Waals surface area contributed by atoms with Crippen molar-refractivity contribution in [2.24, 2.45) is 0 Å². The number of benzene rings is 1. The molecule has 0 aliphatic carbocycles. The van der Waals surface area contributed by atoms with E-state index in [-0.39, 0.29) is 6.03 Å². The topological polar surface area (TPSA) is 77.4 Å². The molecule has 0 aliphatic heterocycles. The average molecular weight is 372 g/mol. The zero-order valence-electron chi connectivity index (χ0n) is 14.6. The molecule has 2 heterocycles. The highest BCUT2D eigenvalue weighted by Gasteiger charge is 2.07. The highest BCUT2D eigenvalue weighted by molar-refractivity contribution is 7.08. The number of aromatic nitrogens is 2. The van der Waals surface area contributed by atoms with E-state index in [2.05, 4.69) is 21.1 Å². The Morgan fingerprint density at radius 2 is 2.04 bits per heavy atom. The fourth-order valence-electron chi connectivity index (χ4n) is 2.42. The van der Waals surface area contributed by atoms with Gasteiger partial charge in [-0.05, 0) is 29.6 Å². The molecule has 8 heteroatoms. The van der Waals surface area contributed by atoms with Crippen molar-refractivity contribution in [2.45, 2.75) is 6.54 Å². The number of nitrogens with zero attached hydrogens (tertiary/aromatic N) is 2. The second-order valence-electron chi connectivity index (χ2n) is 5.43. The van der Waals surface area contributed by atoms with Gasteiger partial charge in [-0.15, -0.1) is 0 Å². The van der Waals surface area contributed by atoms with Gasteiger partial charge in [0.05, 0.1) is 26.5 Å². The summed E-state index contributed by atoms with van der Waals surface area (Å²) in [6, 6.07) is 8.91. The Bertz CT molecular complexity index is 861. The molecule has 0 aliphatic rings. The second kappa shape index (κ2) is 8.39. The van der Waals surface area contributed by atoms with Crippen molar-refractivity contribution in [1.29, 1.82) is 0 Å². The molecule has 7 nitrogen and oxygen atoms in total. The van der Waals surface area contributed by atoms with E-state index in [0.29, 0.717) is 30.3 Å². The predicted molar refractivity (Wildman–Crippen MR) is 102 cm³/mol. The van der Waals surface area contributed by atoms with Crippen LogP contribution in [0, 0.1) is 0 Å². The number of thiophene rings is 1. The van der Waals surface area contributed by atoms with Gasteiger partial charge >= 0.3 is 6.03 Å². The van der Waals surface area contributed by atoms with Gasteiger partial charge in [-0.1, -0.05) is 0 Å². The van der Waals surface area contributed by atoms with E-state index in [4.69, 9.17) is 9.47 Å². The van der Waals surface area contributed by atoms with Crippen molar-refractivity contribution in [1.82, 2.24) is 15.1 Å². The number of methoxy groups -OCH3 is 2. The second-order valence-corrected chi connectivity index (χ2v) is 6.21. The van der Waals surface area contributed by atoms with Gasteiger partial charge in [0.1, 0.15) is 0 Å². The number of hydrogen-bond donors (Lipinski definition) is 2. The first-order valence-corrected chi connectivity index (χ1v) is 8.97. The molecule has 0 bridgehead atoms. The van der Waals surface area contributed by atoms with Crippen LogP contribution >= 0.6 is 11.3 Å². The van der Waals surface area contributed by atoms with Gasteiger partial charge < -0.3 is 20.1 Å². The van der Waals surface area contributed by atoms with Crippen LogP contribution in [0.5, 0.6) is 11.5 Å². The maximum atomic E-state index is 12.0. The van der Waals surface area contributed by atoms with Crippen LogP contribution in [-0.2, 0) is 6.54 Å².